The van der Waals surface area contributed by atoms with Gasteiger partial charge in [-0.15, -0.1) is 20.8 Å². The smallest absolute Gasteiger partial charge is 0.464 e. The molecule has 4 N–H and O–H groups in total. The fraction of sp³-hybridized carbons (Fsp3) is 0.615. The normalized spacial score (nSPS) is 25.9. The highest BCUT2D eigenvalue weighted by Crippen LogP contribution is 2.42. The standard InChI is InChI=1S/C13H18N3O8PS/c1-2-22-9(17)6-24-25(21)23-5-7-10(18)11(19)12(26-7)16-4-3-8(14)15-13(16)20/h3-4,7,10-12,18-19H,2,5-6H2,1H3,(H-,14,15,20)/p+1/t7-,10-,11+,12-/m1/s1. The van der Waals surface area contributed by atoms with Gasteiger partial charge in [-0.1, -0.05) is 0 Å². The van der Waals surface area contributed by atoms with Crippen molar-refractivity contribution in [1.82, 2.24) is 9.55 Å². The molecule has 1 aromatic rings. The maximum absolute atomic E-state index is 11.9. The van der Waals surface area contributed by atoms with E-state index in [0.717, 1.165) is 16.3 Å². The van der Waals surface area contributed by atoms with E-state index in [2.05, 4.69) is 9.72 Å². The van der Waals surface area contributed by atoms with Crippen LogP contribution in [0.4, 0.5) is 5.82 Å². The zero-order chi connectivity index (χ0) is 19.3. The van der Waals surface area contributed by atoms with Crippen LogP contribution >= 0.6 is 20.0 Å². The number of nitrogens with two attached hydrogens (primary N) is 1. The fourth-order valence-electron chi connectivity index (χ4n) is 2.20. The summed E-state index contributed by atoms with van der Waals surface area (Å²) < 4.78 is 27.0. The molecule has 1 unspecified atom stereocenters. The summed E-state index contributed by atoms with van der Waals surface area (Å²) in [6, 6.07) is 1.39. The van der Waals surface area contributed by atoms with E-state index >= 15 is 0 Å². The van der Waals surface area contributed by atoms with Gasteiger partial charge in [-0.25, -0.2) is 9.59 Å². The lowest BCUT2D eigenvalue weighted by molar-refractivity contribution is -0.145. The van der Waals surface area contributed by atoms with E-state index in [-0.39, 0.29) is 19.0 Å². The lowest BCUT2D eigenvalue weighted by Crippen LogP contribution is -2.36. The number of hydrogen-bond donors (Lipinski definition) is 3. The maximum atomic E-state index is 11.9. The molecule has 0 bridgehead atoms. The summed E-state index contributed by atoms with van der Waals surface area (Å²) in [7, 11) is -2.61. The molecule has 26 heavy (non-hydrogen) atoms. The Bertz CT molecular complexity index is 717. The van der Waals surface area contributed by atoms with Crippen LogP contribution in [0.15, 0.2) is 17.1 Å². The van der Waals surface area contributed by atoms with Gasteiger partial charge in [0.1, 0.15) is 23.9 Å². The summed E-state index contributed by atoms with van der Waals surface area (Å²) >= 11 is 1.06. The summed E-state index contributed by atoms with van der Waals surface area (Å²) in [5.41, 5.74) is 4.76. The minimum atomic E-state index is -2.61. The average molecular weight is 408 g/mol. The zero-order valence-electron chi connectivity index (χ0n) is 13.8. The van der Waals surface area contributed by atoms with Crippen LogP contribution in [0.1, 0.15) is 12.3 Å². The number of esters is 1. The van der Waals surface area contributed by atoms with Gasteiger partial charge in [0.05, 0.1) is 18.0 Å². The van der Waals surface area contributed by atoms with Gasteiger partial charge >= 0.3 is 19.9 Å². The van der Waals surface area contributed by atoms with Crippen molar-refractivity contribution in [2.45, 2.75) is 29.8 Å². The van der Waals surface area contributed by atoms with Crippen molar-refractivity contribution in [3.63, 3.8) is 0 Å². The van der Waals surface area contributed by atoms with Crippen LogP contribution in [-0.4, -0.2) is 63.0 Å². The Morgan fingerprint density at radius 2 is 2.15 bits per heavy atom. The topological polar surface area (TPSA) is 163 Å². The molecule has 5 atom stereocenters. The second-order valence-corrected chi connectivity index (χ2v) is 7.51. The van der Waals surface area contributed by atoms with Crippen LogP contribution in [-0.2, 0) is 23.1 Å². The number of nitrogens with zero attached hydrogens (tertiary/aromatic N) is 2. The Morgan fingerprint density at radius 1 is 1.42 bits per heavy atom. The van der Waals surface area contributed by atoms with Crippen molar-refractivity contribution in [3.8, 4) is 0 Å². The minimum absolute atomic E-state index is 0.0416. The third kappa shape index (κ3) is 5.22. The van der Waals surface area contributed by atoms with Gasteiger partial charge in [-0.3, -0.25) is 4.57 Å². The van der Waals surface area contributed by atoms with Crippen LogP contribution in [0.5, 0.6) is 0 Å². The largest absolute Gasteiger partial charge is 0.698 e. The van der Waals surface area contributed by atoms with Crippen molar-refractivity contribution < 1.29 is 33.4 Å². The first-order chi connectivity index (χ1) is 12.3. The molecule has 0 spiro atoms. The molecule has 1 fully saturated rings. The van der Waals surface area contributed by atoms with Crippen molar-refractivity contribution in [2.75, 3.05) is 25.6 Å². The Morgan fingerprint density at radius 3 is 2.81 bits per heavy atom. The maximum Gasteiger partial charge on any atom is 0.698 e. The molecular formula is C13H19N3O8PS+. The average Bonchev–Trinajstić information content (AvgIpc) is 2.87. The molecular weight excluding hydrogens is 389 g/mol. The Kier molecular flexibility index (Phi) is 7.50. The van der Waals surface area contributed by atoms with Crippen molar-refractivity contribution >= 4 is 31.8 Å². The van der Waals surface area contributed by atoms with Gasteiger partial charge in [0.15, 0.2) is 0 Å². The molecule has 11 nitrogen and oxygen atoms in total. The predicted molar refractivity (Wildman–Crippen MR) is 91.5 cm³/mol. The van der Waals surface area contributed by atoms with Crippen molar-refractivity contribution in [3.05, 3.63) is 22.7 Å². The number of aromatic nitrogens is 2. The first-order valence-electron chi connectivity index (χ1n) is 7.58. The molecule has 144 valence electrons. The van der Waals surface area contributed by atoms with Gasteiger partial charge in [-0.2, -0.15) is 4.98 Å². The number of aliphatic hydroxyl groups excluding tert-OH is 2. The second-order valence-electron chi connectivity index (χ2n) is 5.19. The molecule has 0 aromatic carbocycles. The van der Waals surface area contributed by atoms with Crippen LogP contribution in [0.25, 0.3) is 0 Å². The number of anilines is 1. The highest BCUT2D eigenvalue weighted by Gasteiger charge is 2.45. The number of thioether (sulfide) groups is 1. The molecule has 0 saturated carbocycles. The molecule has 1 saturated heterocycles. The molecule has 2 heterocycles. The van der Waals surface area contributed by atoms with E-state index in [9.17, 15) is 24.4 Å². The SMILES string of the molecule is CCOC(=O)CO[P+](=O)OC[C@H]1S[C@@H](n2ccc(N)nc2=O)[C@@H](O)[C@@H]1O. The summed E-state index contributed by atoms with van der Waals surface area (Å²) in [6.45, 7) is 1.04. The number of hydrogen-bond acceptors (Lipinski definition) is 11. The van der Waals surface area contributed by atoms with Crippen molar-refractivity contribution in [1.29, 1.82) is 0 Å². The van der Waals surface area contributed by atoms with Crippen LogP contribution in [0, 0.1) is 0 Å². The third-order valence-corrected chi connectivity index (χ3v) is 5.65. The summed E-state index contributed by atoms with van der Waals surface area (Å²) in [6.07, 6.45) is -1.14. The fourth-order valence-corrected chi connectivity index (χ4v) is 4.30. The van der Waals surface area contributed by atoms with Gasteiger partial charge in [0.2, 0.25) is 6.61 Å². The van der Waals surface area contributed by atoms with E-state index in [4.69, 9.17) is 14.8 Å². The highest BCUT2D eigenvalue weighted by atomic mass is 32.2. The third-order valence-electron chi connectivity index (χ3n) is 3.40. The number of rotatable bonds is 8. The van der Waals surface area contributed by atoms with Crippen molar-refractivity contribution in [2.24, 2.45) is 0 Å². The van der Waals surface area contributed by atoms with E-state index in [1.165, 1.54) is 12.3 Å². The van der Waals surface area contributed by atoms with Gasteiger partial charge in [0.25, 0.3) is 0 Å². The number of aliphatic hydroxyl groups is 2. The first kappa shape index (κ1) is 20.7. The summed E-state index contributed by atoms with van der Waals surface area (Å²) in [5.74, 6) is -0.639. The van der Waals surface area contributed by atoms with E-state index in [1.807, 2.05) is 0 Å². The van der Waals surface area contributed by atoms with Crippen LogP contribution < -0.4 is 11.4 Å². The lowest BCUT2D eigenvalue weighted by atomic mass is 10.1. The van der Waals surface area contributed by atoms with E-state index in [0.29, 0.717) is 0 Å². The molecule has 13 heteroatoms. The minimum Gasteiger partial charge on any atom is -0.464 e. The Hall–Kier alpha value is -1.56. The highest BCUT2D eigenvalue weighted by molar-refractivity contribution is 8.00. The lowest BCUT2D eigenvalue weighted by Gasteiger charge is -2.17. The quantitative estimate of drug-likeness (QED) is 0.372. The molecule has 0 radical (unpaired) electrons. The summed E-state index contributed by atoms with van der Waals surface area (Å²) in [5, 5.41) is 18.8. The van der Waals surface area contributed by atoms with Gasteiger partial charge < -0.3 is 20.7 Å². The number of carbonyl (C=O) groups excluding carboxylic acids is 1. The van der Waals surface area contributed by atoms with E-state index < -0.39 is 49.4 Å². The Labute approximate surface area is 153 Å². The molecule has 1 aliphatic heterocycles. The van der Waals surface area contributed by atoms with Crippen LogP contribution in [0.2, 0.25) is 0 Å². The Balaban J connectivity index is 1.90. The predicted octanol–water partition coefficient (Wildman–Crippen LogP) is -0.585. The molecule has 1 aromatic heterocycles. The zero-order valence-corrected chi connectivity index (χ0v) is 15.5. The number of ether oxygens (including phenoxy) is 1. The molecule has 2 rings (SSSR count). The number of nitrogen functional groups attached to an aromatic ring is 1. The van der Waals surface area contributed by atoms with Crippen LogP contribution in [0.3, 0.4) is 0 Å². The molecule has 1 aliphatic rings. The van der Waals surface area contributed by atoms with E-state index in [1.54, 1.807) is 6.92 Å². The number of carbonyl (C=O) groups is 1. The molecule has 0 amide bonds. The molecule has 0 aliphatic carbocycles. The summed E-state index contributed by atoms with van der Waals surface area (Å²) in [4.78, 5) is 26.6. The second kappa shape index (κ2) is 9.40. The first-order valence-corrected chi connectivity index (χ1v) is 9.62. The monoisotopic (exact) mass is 408 g/mol. The van der Waals surface area contributed by atoms with Gasteiger partial charge in [0, 0.05) is 10.8 Å². The van der Waals surface area contributed by atoms with Gasteiger partial charge in [-0.05, 0) is 13.0 Å².